The van der Waals surface area contributed by atoms with E-state index in [4.69, 9.17) is 9.15 Å². The highest BCUT2D eigenvalue weighted by atomic mass is 32.1. The first-order valence-corrected chi connectivity index (χ1v) is 7.82. The van der Waals surface area contributed by atoms with Gasteiger partial charge in [0.05, 0.1) is 30.8 Å². The van der Waals surface area contributed by atoms with Crippen molar-refractivity contribution in [2.75, 3.05) is 11.9 Å². The van der Waals surface area contributed by atoms with Gasteiger partial charge in [0.1, 0.15) is 5.75 Å². The first kappa shape index (κ1) is 14.5. The van der Waals surface area contributed by atoms with Gasteiger partial charge in [-0.3, -0.25) is 0 Å². The van der Waals surface area contributed by atoms with Gasteiger partial charge >= 0.3 is 6.01 Å². The predicted octanol–water partition coefficient (Wildman–Crippen LogP) is 3.07. The van der Waals surface area contributed by atoms with E-state index in [1.54, 1.807) is 11.3 Å². The van der Waals surface area contributed by atoms with E-state index in [-0.39, 0.29) is 0 Å². The number of rotatable bonds is 7. The Labute approximate surface area is 132 Å². The number of anilines is 1. The highest BCUT2D eigenvalue weighted by Crippen LogP contribution is 2.15. The van der Waals surface area contributed by atoms with Crippen molar-refractivity contribution in [3.05, 3.63) is 52.3 Å². The van der Waals surface area contributed by atoms with E-state index in [2.05, 4.69) is 20.5 Å². The topological polar surface area (TPSA) is 73.1 Å². The molecule has 2 heterocycles. The summed E-state index contributed by atoms with van der Waals surface area (Å²) in [6.45, 7) is 3.12. The molecule has 1 aromatic carbocycles. The third kappa shape index (κ3) is 3.82. The van der Waals surface area contributed by atoms with Crippen LogP contribution in [0.25, 0.3) is 0 Å². The quantitative estimate of drug-likeness (QED) is 0.722. The molecule has 0 amide bonds. The first-order valence-electron chi connectivity index (χ1n) is 6.94. The Morgan fingerprint density at radius 2 is 2.09 bits per heavy atom. The van der Waals surface area contributed by atoms with Crippen LogP contribution < -0.4 is 10.1 Å². The molecule has 0 saturated heterocycles. The largest absolute Gasteiger partial charge is 0.493 e. The molecule has 7 heteroatoms. The zero-order valence-corrected chi connectivity index (χ0v) is 13.0. The van der Waals surface area contributed by atoms with E-state index < -0.39 is 0 Å². The molecule has 6 nitrogen and oxygen atoms in total. The minimum atomic E-state index is 0.419. The summed E-state index contributed by atoms with van der Waals surface area (Å²) in [5.74, 6) is 1.39. The molecule has 114 valence electrons. The van der Waals surface area contributed by atoms with Crippen molar-refractivity contribution in [2.45, 2.75) is 19.9 Å². The standard InChI is InChI=1S/C15H16N4O2S/c1-11-13(22-10-17-11)9-16-15-19-18-14(21-15)7-8-20-12-5-3-2-4-6-12/h2-6,10H,7-9H2,1H3,(H,16,19). The lowest BCUT2D eigenvalue weighted by atomic mass is 10.3. The molecule has 1 N–H and O–H groups in total. The fourth-order valence-electron chi connectivity index (χ4n) is 1.85. The molecule has 0 aliphatic rings. The summed E-state index contributed by atoms with van der Waals surface area (Å²) in [5.41, 5.74) is 2.85. The summed E-state index contributed by atoms with van der Waals surface area (Å²) in [6, 6.07) is 10.1. The second-order valence-electron chi connectivity index (χ2n) is 4.63. The van der Waals surface area contributed by atoms with Crippen molar-refractivity contribution in [2.24, 2.45) is 0 Å². The van der Waals surface area contributed by atoms with Gasteiger partial charge < -0.3 is 14.5 Å². The summed E-state index contributed by atoms with van der Waals surface area (Å²) in [7, 11) is 0. The van der Waals surface area contributed by atoms with Crippen molar-refractivity contribution in [3.63, 3.8) is 0 Å². The molecule has 3 rings (SSSR count). The molecule has 0 aliphatic carbocycles. The van der Waals surface area contributed by atoms with Crippen molar-refractivity contribution in [1.29, 1.82) is 0 Å². The molecular weight excluding hydrogens is 300 g/mol. The molecular formula is C15H16N4O2S. The molecule has 2 aromatic heterocycles. The number of thiazole rings is 1. The van der Waals surface area contributed by atoms with Crippen LogP contribution in [-0.4, -0.2) is 21.8 Å². The summed E-state index contributed by atoms with van der Waals surface area (Å²) >= 11 is 1.60. The Hall–Kier alpha value is -2.41. The lowest BCUT2D eigenvalue weighted by molar-refractivity contribution is 0.307. The maximum atomic E-state index is 5.60. The summed E-state index contributed by atoms with van der Waals surface area (Å²) < 4.78 is 11.1. The average Bonchev–Trinajstić information content (AvgIpc) is 3.15. The maximum Gasteiger partial charge on any atom is 0.315 e. The minimum Gasteiger partial charge on any atom is -0.493 e. The van der Waals surface area contributed by atoms with Gasteiger partial charge in [-0.25, -0.2) is 4.98 Å². The number of hydrogen-bond acceptors (Lipinski definition) is 7. The van der Waals surface area contributed by atoms with Crippen molar-refractivity contribution in [1.82, 2.24) is 15.2 Å². The van der Waals surface area contributed by atoms with Crippen LogP contribution in [0.1, 0.15) is 16.5 Å². The second kappa shape index (κ2) is 7.04. The number of aryl methyl sites for hydroxylation is 1. The van der Waals surface area contributed by atoms with Crippen LogP contribution in [0.2, 0.25) is 0 Å². The molecule has 3 aromatic rings. The van der Waals surface area contributed by atoms with Gasteiger partial charge in [0.25, 0.3) is 0 Å². The molecule has 0 aliphatic heterocycles. The smallest absolute Gasteiger partial charge is 0.315 e. The number of nitrogens with zero attached hydrogens (tertiary/aromatic N) is 3. The Kier molecular flexibility index (Phi) is 4.65. The van der Waals surface area contributed by atoms with Crippen LogP contribution in [0.3, 0.4) is 0 Å². The molecule has 0 bridgehead atoms. The molecule has 0 spiro atoms. The van der Waals surface area contributed by atoms with Crippen LogP contribution in [0.5, 0.6) is 5.75 Å². The van der Waals surface area contributed by atoms with Gasteiger partial charge in [-0.1, -0.05) is 23.3 Å². The highest BCUT2D eigenvalue weighted by Gasteiger charge is 2.07. The van der Waals surface area contributed by atoms with Crippen LogP contribution in [0.15, 0.2) is 40.3 Å². The van der Waals surface area contributed by atoms with Crippen molar-refractivity contribution >= 4 is 17.4 Å². The van der Waals surface area contributed by atoms with Gasteiger partial charge in [-0.2, -0.15) is 0 Å². The zero-order chi connectivity index (χ0) is 15.2. The van der Waals surface area contributed by atoms with E-state index in [9.17, 15) is 0 Å². The highest BCUT2D eigenvalue weighted by molar-refractivity contribution is 7.09. The van der Waals surface area contributed by atoms with E-state index in [0.29, 0.717) is 31.5 Å². The lowest BCUT2D eigenvalue weighted by Gasteiger charge is -2.03. The lowest BCUT2D eigenvalue weighted by Crippen LogP contribution is -2.01. The van der Waals surface area contributed by atoms with E-state index in [0.717, 1.165) is 16.3 Å². The van der Waals surface area contributed by atoms with E-state index >= 15 is 0 Å². The number of para-hydroxylation sites is 1. The van der Waals surface area contributed by atoms with Gasteiger partial charge in [-0.05, 0) is 19.1 Å². The van der Waals surface area contributed by atoms with Crippen LogP contribution >= 0.6 is 11.3 Å². The summed E-state index contributed by atoms with van der Waals surface area (Å²) in [4.78, 5) is 5.36. The number of benzene rings is 1. The number of ether oxygens (including phenoxy) is 1. The Balaban J connectivity index is 1.46. The molecule has 0 fully saturated rings. The Morgan fingerprint density at radius 1 is 1.23 bits per heavy atom. The third-order valence-electron chi connectivity index (χ3n) is 3.04. The SMILES string of the molecule is Cc1ncsc1CNc1nnc(CCOc2ccccc2)o1. The molecule has 0 saturated carbocycles. The Bertz CT molecular complexity index is 711. The van der Waals surface area contributed by atoms with E-state index in [1.807, 2.05) is 42.8 Å². The fraction of sp³-hybridized carbons (Fsp3) is 0.267. The first-order chi connectivity index (χ1) is 10.8. The molecule has 22 heavy (non-hydrogen) atoms. The normalized spacial score (nSPS) is 10.6. The van der Waals surface area contributed by atoms with Gasteiger partial charge in [0, 0.05) is 4.88 Å². The minimum absolute atomic E-state index is 0.419. The van der Waals surface area contributed by atoms with Gasteiger partial charge in [-0.15, -0.1) is 16.4 Å². The van der Waals surface area contributed by atoms with Gasteiger partial charge in [0.2, 0.25) is 5.89 Å². The van der Waals surface area contributed by atoms with Crippen molar-refractivity contribution in [3.8, 4) is 5.75 Å². The number of nitrogens with one attached hydrogen (secondary N) is 1. The predicted molar refractivity (Wildman–Crippen MR) is 84.1 cm³/mol. The number of hydrogen-bond donors (Lipinski definition) is 1. The zero-order valence-electron chi connectivity index (χ0n) is 12.2. The average molecular weight is 316 g/mol. The molecule has 0 atom stereocenters. The monoisotopic (exact) mass is 316 g/mol. The molecule has 0 unspecified atom stereocenters. The summed E-state index contributed by atoms with van der Waals surface area (Å²) in [5, 5.41) is 11.1. The van der Waals surface area contributed by atoms with Crippen LogP contribution in [-0.2, 0) is 13.0 Å². The van der Waals surface area contributed by atoms with Crippen molar-refractivity contribution < 1.29 is 9.15 Å². The Morgan fingerprint density at radius 3 is 2.86 bits per heavy atom. The van der Waals surface area contributed by atoms with Crippen LogP contribution in [0.4, 0.5) is 6.01 Å². The second-order valence-corrected chi connectivity index (χ2v) is 5.57. The van der Waals surface area contributed by atoms with Crippen LogP contribution in [0, 0.1) is 6.92 Å². The maximum absolute atomic E-state index is 5.60. The third-order valence-corrected chi connectivity index (χ3v) is 3.97. The van der Waals surface area contributed by atoms with Gasteiger partial charge in [0.15, 0.2) is 0 Å². The summed E-state index contributed by atoms with van der Waals surface area (Å²) in [6.07, 6.45) is 0.573. The van der Waals surface area contributed by atoms with E-state index in [1.165, 1.54) is 0 Å². The fourth-order valence-corrected chi connectivity index (χ4v) is 2.57. The number of aromatic nitrogens is 3. The molecule has 0 radical (unpaired) electrons.